The van der Waals surface area contributed by atoms with Crippen molar-refractivity contribution in [2.75, 3.05) is 0 Å². The highest BCUT2D eigenvalue weighted by Gasteiger charge is 2.18. The van der Waals surface area contributed by atoms with Crippen LogP contribution >= 0.6 is 0 Å². The predicted octanol–water partition coefficient (Wildman–Crippen LogP) is 5.56. The van der Waals surface area contributed by atoms with Gasteiger partial charge in [-0.3, -0.25) is 4.98 Å². The lowest BCUT2D eigenvalue weighted by Gasteiger charge is -2.18. The monoisotopic (exact) mass is 425 g/mol. The number of nitrogens with zero attached hydrogens (tertiary/aromatic N) is 1. The van der Waals surface area contributed by atoms with Crippen molar-refractivity contribution < 1.29 is 10.0 Å². The lowest BCUT2D eigenvalue weighted by Crippen LogP contribution is -2.32. The van der Waals surface area contributed by atoms with Gasteiger partial charge in [0.2, 0.25) is 0 Å². The maximum absolute atomic E-state index is 9.46. The number of aromatic nitrogens is 1. The van der Waals surface area contributed by atoms with Gasteiger partial charge in [-0.15, -0.1) is 0 Å². The van der Waals surface area contributed by atoms with E-state index in [0.717, 1.165) is 21.9 Å². The van der Waals surface area contributed by atoms with E-state index in [1.165, 1.54) is 32.7 Å². The van der Waals surface area contributed by atoms with Crippen molar-refractivity contribution in [2.45, 2.75) is 0 Å². The molecule has 156 valence electrons. The minimum Gasteiger partial charge on any atom is -0.422 e. The molecular weight excluding hydrogens is 405 g/mol. The molecule has 1 aromatic heterocycles. The van der Waals surface area contributed by atoms with E-state index in [1.807, 2.05) is 6.07 Å². The van der Waals surface area contributed by atoms with Crippen LogP contribution in [0.4, 0.5) is 0 Å². The molecule has 2 N–H and O–H groups in total. The Morgan fingerprint density at radius 1 is 0.515 bits per heavy atom. The van der Waals surface area contributed by atoms with Gasteiger partial charge in [0, 0.05) is 11.8 Å². The van der Waals surface area contributed by atoms with Gasteiger partial charge < -0.3 is 10.0 Å². The second-order valence-electron chi connectivity index (χ2n) is 8.25. The van der Waals surface area contributed by atoms with Crippen molar-refractivity contribution in [3.8, 4) is 22.3 Å². The van der Waals surface area contributed by atoms with Crippen LogP contribution in [0.25, 0.3) is 54.6 Å². The first-order valence-corrected chi connectivity index (χ1v) is 11.0. The lowest BCUT2D eigenvalue weighted by molar-refractivity contribution is 0.424. The first kappa shape index (κ1) is 19.7. The molecule has 33 heavy (non-hydrogen) atoms. The van der Waals surface area contributed by atoms with Gasteiger partial charge in [-0.25, -0.2) is 0 Å². The number of hydrogen-bond acceptors (Lipinski definition) is 3. The fraction of sp³-hybridized carbons (Fsp3) is 0. The number of rotatable bonds is 3. The molecule has 6 rings (SSSR count). The number of pyridine rings is 1. The van der Waals surface area contributed by atoms with Crippen molar-refractivity contribution in [3.05, 3.63) is 109 Å². The van der Waals surface area contributed by atoms with Crippen LogP contribution < -0.4 is 5.59 Å². The summed E-state index contributed by atoms with van der Waals surface area (Å²) in [6.45, 7) is 0. The zero-order valence-electron chi connectivity index (χ0n) is 17.8. The Labute approximate surface area is 191 Å². The third kappa shape index (κ3) is 3.28. The van der Waals surface area contributed by atoms with Crippen molar-refractivity contribution in [1.29, 1.82) is 0 Å². The summed E-state index contributed by atoms with van der Waals surface area (Å²) >= 11 is 0. The molecule has 0 aliphatic carbocycles. The molecular formula is C29H20BNO2. The predicted molar refractivity (Wildman–Crippen MR) is 137 cm³/mol. The van der Waals surface area contributed by atoms with E-state index in [-0.39, 0.29) is 5.59 Å². The summed E-state index contributed by atoms with van der Waals surface area (Å²) in [6.07, 6.45) is 1.72. The molecule has 3 nitrogen and oxygen atoms in total. The number of hydrogen-bond donors (Lipinski definition) is 2. The van der Waals surface area contributed by atoms with Crippen LogP contribution in [0.3, 0.4) is 0 Å². The van der Waals surface area contributed by atoms with Crippen LogP contribution in [0.1, 0.15) is 0 Å². The van der Waals surface area contributed by atoms with Gasteiger partial charge in [-0.2, -0.15) is 0 Å². The number of fused-ring (bicyclic) bond motifs is 3. The van der Waals surface area contributed by atoms with Crippen LogP contribution in [-0.4, -0.2) is 22.2 Å². The van der Waals surface area contributed by atoms with E-state index >= 15 is 0 Å². The topological polar surface area (TPSA) is 53.4 Å². The molecule has 0 aliphatic heterocycles. The summed E-state index contributed by atoms with van der Waals surface area (Å²) in [5, 5.41) is 26.0. The van der Waals surface area contributed by atoms with Crippen LogP contribution in [0, 0.1) is 0 Å². The van der Waals surface area contributed by atoms with E-state index in [1.54, 1.807) is 12.3 Å². The Bertz CT molecular complexity index is 1580. The SMILES string of the molecule is OB(O)c1ccc(-c2c3ccccc3c(-c3ccc4ccccc4c3)c3ccccc23)cn1. The Kier molecular flexibility index (Phi) is 4.69. The summed E-state index contributed by atoms with van der Waals surface area (Å²) in [4.78, 5) is 4.28. The van der Waals surface area contributed by atoms with Gasteiger partial charge in [-0.05, 0) is 61.1 Å². The highest BCUT2D eigenvalue weighted by Crippen LogP contribution is 2.43. The van der Waals surface area contributed by atoms with Crippen molar-refractivity contribution >= 4 is 45.0 Å². The van der Waals surface area contributed by atoms with Gasteiger partial charge in [0.25, 0.3) is 0 Å². The molecule has 0 saturated carbocycles. The number of benzene rings is 5. The minimum atomic E-state index is -1.58. The highest BCUT2D eigenvalue weighted by atomic mass is 16.4. The Balaban J connectivity index is 1.70. The Morgan fingerprint density at radius 2 is 1.03 bits per heavy atom. The summed E-state index contributed by atoms with van der Waals surface area (Å²) in [6, 6.07) is 35.6. The van der Waals surface area contributed by atoms with Gasteiger partial charge in [0.1, 0.15) is 0 Å². The quantitative estimate of drug-likeness (QED) is 0.289. The molecule has 0 atom stereocenters. The fourth-order valence-electron chi connectivity index (χ4n) is 4.80. The van der Waals surface area contributed by atoms with Crippen LogP contribution in [0.2, 0.25) is 0 Å². The summed E-state index contributed by atoms with van der Waals surface area (Å²) < 4.78 is 0. The first-order valence-electron chi connectivity index (χ1n) is 11.0. The van der Waals surface area contributed by atoms with E-state index in [2.05, 4.69) is 96.0 Å². The van der Waals surface area contributed by atoms with Crippen molar-refractivity contribution in [1.82, 2.24) is 4.98 Å². The molecule has 0 saturated heterocycles. The smallest absolute Gasteiger partial charge is 0.422 e. The average Bonchev–Trinajstić information content (AvgIpc) is 2.87. The fourth-order valence-corrected chi connectivity index (χ4v) is 4.80. The zero-order chi connectivity index (χ0) is 22.4. The third-order valence-corrected chi connectivity index (χ3v) is 6.31. The van der Waals surface area contributed by atoms with Crippen molar-refractivity contribution in [2.24, 2.45) is 0 Å². The Hall–Kier alpha value is -3.99. The first-order chi connectivity index (χ1) is 16.2. The largest absolute Gasteiger partial charge is 0.508 e. The molecule has 0 fully saturated rings. The minimum absolute atomic E-state index is 0.236. The molecule has 1 heterocycles. The molecule has 5 aromatic carbocycles. The zero-order valence-corrected chi connectivity index (χ0v) is 17.8. The van der Waals surface area contributed by atoms with E-state index in [9.17, 15) is 10.0 Å². The van der Waals surface area contributed by atoms with Crippen LogP contribution in [0.15, 0.2) is 109 Å². The maximum atomic E-state index is 9.46. The molecule has 0 radical (unpaired) electrons. The van der Waals surface area contributed by atoms with Gasteiger partial charge >= 0.3 is 7.12 Å². The Morgan fingerprint density at radius 3 is 1.58 bits per heavy atom. The van der Waals surface area contributed by atoms with E-state index in [4.69, 9.17) is 0 Å². The molecule has 0 bridgehead atoms. The van der Waals surface area contributed by atoms with Crippen LogP contribution in [-0.2, 0) is 0 Å². The molecule has 6 aromatic rings. The summed E-state index contributed by atoms with van der Waals surface area (Å²) in [5.41, 5.74) is 4.67. The molecule has 0 aliphatic rings. The standard InChI is InChI=1S/C29H20BNO2/c32-30(33)27-16-15-22(18-31-27)29-25-11-5-3-9-23(25)28(24-10-4-6-12-26(24)29)21-14-13-19-7-1-2-8-20(19)17-21/h1-18,32-33H. The van der Waals surface area contributed by atoms with Gasteiger partial charge in [-0.1, -0.05) is 91.0 Å². The van der Waals surface area contributed by atoms with Gasteiger partial charge in [0.05, 0.1) is 5.59 Å². The van der Waals surface area contributed by atoms with Crippen LogP contribution in [0.5, 0.6) is 0 Å². The molecule has 0 unspecified atom stereocenters. The summed E-state index contributed by atoms with van der Waals surface area (Å²) in [7, 11) is -1.58. The second kappa shape index (κ2) is 7.86. The van der Waals surface area contributed by atoms with Crippen molar-refractivity contribution in [3.63, 3.8) is 0 Å². The highest BCUT2D eigenvalue weighted by molar-refractivity contribution is 6.57. The third-order valence-electron chi connectivity index (χ3n) is 6.31. The molecule has 0 spiro atoms. The normalized spacial score (nSPS) is 11.3. The van der Waals surface area contributed by atoms with Gasteiger partial charge in [0.15, 0.2) is 0 Å². The molecule has 4 heteroatoms. The lowest BCUT2D eigenvalue weighted by atomic mass is 9.83. The average molecular weight is 425 g/mol. The maximum Gasteiger partial charge on any atom is 0.508 e. The van der Waals surface area contributed by atoms with E-state index in [0.29, 0.717) is 0 Å². The second-order valence-corrected chi connectivity index (χ2v) is 8.25. The molecule has 0 amide bonds. The summed E-state index contributed by atoms with van der Waals surface area (Å²) in [5.74, 6) is 0. The van der Waals surface area contributed by atoms with E-state index < -0.39 is 7.12 Å².